The molecule has 2 aromatic rings. The van der Waals surface area contributed by atoms with Crippen LogP contribution in [-0.4, -0.2) is 15.5 Å². The lowest BCUT2D eigenvalue weighted by Crippen LogP contribution is -2.35. The fourth-order valence-electron chi connectivity index (χ4n) is 1.83. The molecule has 18 heavy (non-hydrogen) atoms. The van der Waals surface area contributed by atoms with Crippen LogP contribution in [0.25, 0.3) is 11.3 Å². The summed E-state index contributed by atoms with van der Waals surface area (Å²) in [5.74, 6) is 0.987. The molecule has 0 bridgehead atoms. The van der Waals surface area contributed by atoms with Gasteiger partial charge in [0.05, 0.1) is 12.2 Å². The van der Waals surface area contributed by atoms with Crippen molar-refractivity contribution in [2.24, 2.45) is 0 Å². The molecule has 2 N–H and O–H groups in total. The standard InChI is InChI=1S/C15H21N3/c1-11-14(12-8-6-5-7-9-12)18-13(17-11)10-16-15(2,3)4/h5-9,16H,10H2,1-4H3,(H,17,18). The maximum Gasteiger partial charge on any atom is 0.121 e. The van der Waals surface area contributed by atoms with Crippen molar-refractivity contribution in [1.29, 1.82) is 0 Å². The molecule has 0 saturated carbocycles. The van der Waals surface area contributed by atoms with Crippen molar-refractivity contribution in [2.75, 3.05) is 0 Å². The van der Waals surface area contributed by atoms with Crippen LogP contribution in [0.3, 0.4) is 0 Å². The van der Waals surface area contributed by atoms with Crippen LogP contribution >= 0.6 is 0 Å². The fraction of sp³-hybridized carbons (Fsp3) is 0.400. The highest BCUT2D eigenvalue weighted by Crippen LogP contribution is 2.20. The van der Waals surface area contributed by atoms with E-state index < -0.39 is 0 Å². The average Bonchev–Trinajstić information content (AvgIpc) is 2.68. The van der Waals surface area contributed by atoms with Gasteiger partial charge in [-0.1, -0.05) is 30.3 Å². The van der Waals surface area contributed by atoms with Crippen molar-refractivity contribution in [2.45, 2.75) is 39.8 Å². The zero-order chi connectivity index (χ0) is 13.2. The Morgan fingerprint density at radius 1 is 1.17 bits per heavy atom. The van der Waals surface area contributed by atoms with Gasteiger partial charge in [0, 0.05) is 16.8 Å². The van der Waals surface area contributed by atoms with Crippen LogP contribution in [0.5, 0.6) is 0 Å². The molecule has 1 aromatic carbocycles. The van der Waals surface area contributed by atoms with E-state index in [0.29, 0.717) is 0 Å². The Morgan fingerprint density at radius 3 is 2.44 bits per heavy atom. The van der Waals surface area contributed by atoms with E-state index in [1.165, 1.54) is 0 Å². The van der Waals surface area contributed by atoms with Gasteiger partial charge in [-0.2, -0.15) is 0 Å². The van der Waals surface area contributed by atoms with Gasteiger partial charge in [-0.15, -0.1) is 0 Å². The summed E-state index contributed by atoms with van der Waals surface area (Å²) in [6, 6.07) is 10.3. The first kappa shape index (κ1) is 12.8. The largest absolute Gasteiger partial charge is 0.344 e. The van der Waals surface area contributed by atoms with E-state index in [2.05, 4.69) is 55.1 Å². The van der Waals surface area contributed by atoms with Gasteiger partial charge in [-0.3, -0.25) is 0 Å². The van der Waals surface area contributed by atoms with Crippen LogP contribution < -0.4 is 5.32 Å². The number of hydrogen-bond donors (Lipinski definition) is 2. The predicted octanol–water partition coefficient (Wildman–Crippen LogP) is 3.27. The van der Waals surface area contributed by atoms with Crippen LogP contribution in [0, 0.1) is 6.92 Å². The smallest absolute Gasteiger partial charge is 0.121 e. The number of nitrogens with one attached hydrogen (secondary N) is 2. The molecule has 0 atom stereocenters. The maximum atomic E-state index is 4.67. The normalized spacial score (nSPS) is 11.8. The summed E-state index contributed by atoms with van der Waals surface area (Å²) in [7, 11) is 0. The minimum absolute atomic E-state index is 0.105. The topological polar surface area (TPSA) is 40.7 Å². The second kappa shape index (κ2) is 4.94. The van der Waals surface area contributed by atoms with E-state index in [1.807, 2.05) is 18.2 Å². The van der Waals surface area contributed by atoms with Crippen molar-refractivity contribution in [1.82, 2.24) is 15.3 Å². The van der Waals surface area contributed by atoms with Crippen LogP contribution in [0.1, 0.15) is 32.3 Å². The third-order valence-corrected chi connectivity index (χ3v) is 2.77. The third kappa shape index (κ3) is 3.20. The van der Waals surface area contributed by atoms with E-state index in [4.69, 9.17) is 0 Å². The van der Waals surface area contributed by atoms with Crippen molar-refractivity contribution >= 4 is 0 Å². The minimum Gasteiger partial charge on any atom is -0.344 e. The summed E-state index contributed by atoms with van der Waals surface area (Å²) >= 11 is 0. The number of benzene rings is 1. The second-order valence-corrected chi connectivity index (χ2v) is 5.63. The molecule has 0 saturated heterocycles. The lowest BCUT2D eigenvalue weighted by molar-refractivity contribution is 0.418. The van der Waals surface area contributed by atoms with Crippen LogP contribution in [-0.2, 0) is 6.54 Å². The molecule has 3 nitrogen and oxygen atoms in total. The molecule has 0 fully saturated rings. The lowest BCUT2D eigenvalue weighted by Gasteiger charge is -2.19. The number of H-pyrrole nitrogens is 1. The number of imidazole rings is 1. The van der Waals surface area contributed by atoms with Gasteiger partial charge in [-0.25, -0.2) is 4.98 Å². The molecule has 0 aliphatic carbocycles. The Hall–Kier alpha value is -1.61. The number of aromatic nitrogens is 2. The average molecular weight is 243 g/mol. The van der Waals surface area contributed by atoms with Crippen molar-refractivity contribution in [3.8, 4) is 11.3 Å². The zero-order valence-corrected chi connectivity index (χ0v) is 11.5. The Morgan fingerprint density at radius 2 is 1.83 bits per heavy atom. The first-order valence-electron chi connectivity index (χ1n) is 6.32. The van der Waals surface area contributed by atoms with E-state index in [0.717, 1.165) is 29.3 Å². The van der Waals surface area contributed by atoms with Crippen LogP contribution in [0.2, 0.25) is 0 Å². The maximum absolute atomic E-state index is 4.67. The highest BCUT2D eigenvalue weighted by Gasteiger charge is 2.12. The number of aryl methyl sites for hydroxylation is 1. The molecule has 0 spiro atoms. The molecule has 0 aliphatic rings. The van der Waals surface area contributed by atoms with E-state index in [-0.39, 0.29) is 5.54 Å². The first-order valence-corrected chi connectivity index (χ1v) is 6.32. The molecular formula is C15H21N3. The summed E-state index contributed by atoms with van der Waals surface area (Å²) in [6.45, 7) is 9.29. The minimum atomic E-state index is 0.105. The Labute approximate surface area is 109 Å². The second-order valence-electron chi connectivity index (χ2n) is 5.63. The van der Waals surface area contributed by atoms with Gasteiger partial charge in [0.25, 0.3) is 0 Å². The van der Waals surface area contributed by atoms with Crippen molar-refractivity contribution in [3.05, 3.63) is 41.9 Å². The third-order valence-electron chi connectivity index (χ3n) is 2.77. The molecule has 0 aliphatic heterocycles. The number of hydrogen-bond acceptors (Lipinski definition) is 2. The Kier molecular flexibility index (Phi) is 3.53. The lowest BCUT2D eigenvalue weighted by atomic mass is 10.1. The molecule has 2 rings (SSSR count). The van der Waals surface area contributed by atoms with Gasteiger partial charge < -0.3 is 10.3 Å². The number of nitrogens with zero attached hydrogens (tertiary/aromatic N) is 1. The SMILES string of the molecule is Cc1[nH]c(CNC(C)(C)C)nc1-c1ccccc1. The van der Waals surface area contributed by atoms with E-state index in [1.54, 1.807) is 0 Å². The summed E-state index contributed by atoms with van der Waals surface area (Å²) in [5.41, 5.74) is 3.43. The molecule has 1 aromatic heterocycles. The van der Waals surface area contributed by atoms with Crippen LogP contribution in [0.4, 0.5) is 0 Å². The molecule has 0 radical (unpaired) electrons. The van der Waals surface area contributed by atoms with Gasteiger partial charge in [0.2, 0.25) is 0 Å². The number of aromatic amines is 1. The van der Waals surface area contributed by atoms with E-state index in [9.17, 15) is 0 Å². The first-order chi connectivity index (χ1) is 8.46. The quantitative estimate of drug-likeness (QED) is 0.868. The molecule has 0 unspecified atom stereocenters. The summed E-state index contributed by atoms with van der Waals surface area (Å²) in [5, 5.41) is 3.44. The number of rotatable bonds is 3. The zero-order valence-electron chi connectivity index (χ0n) is 11.5. The van der Waals surface area contributed by atoms with Gasteiger partial charge >= 0.3 is 0 Å². The van der Waals surface area contributed by atoms with Crippen molar-refractivity contribution in [3.63, 3.8) is 0 Å². The molecule has 1 heterocycles. The fourth-order valence-corrected chi connectivity index (χ4v) is 1.83. The van der Waals surface area contributed by atoms with Crippen molar-refractivity contribution < 1.29 is 0 Å². The molecule has 3 heteroatoms. The van der Waals surface area contributed by atoms with Gasteiger partial charge in [-0.05, 0) is 27.7 Å². The molecular weight excluding hydrogens is 222 g/mol. The summed E-state index contributed by atoms with van der Waals surface area (Å²) in [6.07, 6.45) is 0. The molecule has 96 valence electrons. The van der Waals surface area contributed by atoms with Crippen LogP contribution in [0.15, 0.2) is 30.3 Å². The predicted molar refractivity (Wildman–Crippen MR) is 75.4 cm³/mol. The monoisotopic (exact) mass is 243 g/mol. The Balaban J connectivity index is 2.18. The summed E-state index contributed by atoms with van der Waals surface area (Å²) < 4.78 is 0. The van der Waals surface area contributed by atoms with E-state index >= 15 is 0 Å². The highest BCUT2D eigenvalue weighted by atomic mass is 15.0. The summed E-state index contributed by atoms with van der Waals surface area (Å²) in [4.78, 5) is 8.01. The molecule has 0 amide bonds. The van der Waals surface area contributed by atoms with Gasteiger partial charge in [0.1, 0.15) is 5.82 Å². The van der Waals surface area contributed by atoms with Gasteiger partial charge in [0.15, 0.2) is 0 Å². The highest BCUT2D eigenvalue weighted by molar-refractivity contribution is 5.61. The Bertz CT molecular complexity index is 506.